The van der Waals surface area contributed by atoms with Gasteiger partial charge in [-0.15, -0.1) is 0 Å². The van der Waals surface area contributed by atoms with Crippen molar-refractivity contribution in [1.29, 1.82) is 0 Å². The molecule has 2 aliphatic heterocycles. The quantitative estimate of drug-likeness (QED) is 0.724. The monoisotopic (exact) mass is 401 g/mol. The van der Waals surface area contributed by atoms with Crippen LogP contribution >= 0.6 is 0 Å². The molecule has 0 bridgehead atoms. The van der Waals surface area contributed by atoms with E-state index in [-0.39, 0.29) is 16.3 Å². The zero-order valence-electron chi connectivity index (χ0n) is 15.0. The van der Waals surface area contributed by atoms with Gasteiger partial charge in [0, 0.05) is 26.2 Å². The normalized spacial score (nSPS) is 24.1. The van der Waals surface area contributed by atoms with E-state index in [1.54, 1.807) is 13.8 Å². The van der Waals surface area contributed by atoms with E-state index >= 15 is 0 Å². The van der Waals surface area contributed by atoms with Crippen molar-refractivity contribution in [1.82, 2.24) is 9.21 Å². The molecule has 0 aliphatic carbocycles. The summed E-state index contributed by atoms with van der Waals surface area (Å²) in [4.78, 5) is 14.6. The van der Waals surface area contributed by atoms with Crippen LogP contribution in [0.4, 0.5) is 5.69 Å². The molecular weight excluding hydrogens is 378 g/mol. The maximum atomic E-state index is 12.7. The number of sulfonamides is 2. The van der Waals surface area contributed by atoms with E-state index in [1.165, 1.54) is 28.6 Å². The fourth-order valence-corrected chi connectivity index (χ4v) is 6.72. The summed E-state index contributed by atoms with van der Waals surface area (Å²) in [5.74, 6) is -0.771. The predicted molar refractivity (Wildman–Crippen MR) is 97.8 cm³/mol. The molecule has 0 aromatic heterocycles. The van der Waals surface area contributed by atoms with E-state index in [0.717, 1.165) is 4.31 Å². The zero-order valence-corrected chi connectivity index (χ0v) is 16.7. The maximum Gasteiger partial charge on any atom is 0.247 e. The number of carbonyl (C=O) groups is 1. The number of hydrogen-bond donors (Lipinski definition) is 0. The first kappa shape index (κ1) is 19.3. The molecule has 26 heavy (non-hydrogen) atoms. The van der Waals surface area contributed by atoms with Crippen molar-refractivity contribution in [3.8, 4) is 0 Å². The fraction of sp³-hybridized carbons (Fsp3) is 0.562. The highest BCUT2D eigenvalue weighted by Crippen LogP contribution is 2.36. The third-order valence-electron chi connectivity index (χ3n) is 4.76. The molecule has 0 N–H and O–H groups in total. The minimum absolute atomic E-state index is 0.0918. The van der Waals surface area contributed by atoms with Gasteiger partial charge < -0.3 is 4.90 Å². The van der Waals surface area contributed by atoms with E-state index in [2.05, 4.69) is 4.90 Å². The summed E-state index contributed by atoms with van der Waals surface area (Å²) in [5, 5.41) is 0. The van der Waals surface area contributed by atoms with Gasteiger partial charge in [0.1, 0.15) is 0 Å². The molecule has 0 saturated carbocycles. The Bertz CT molecular complexity index is 915. The molecular formula is C16H23N3O5S2. The van der Waals surface area contributed by atoms with Gasteiger partial charge in [-0.3, -0.25) is 4.79 Å². The first-order chi connectivity index (χ1) is 11.9. The zero-order chi connectivity index (χ0) is 19.3. The van der Waals surface area contributed by atoms with Crippen LogP contribution in [-0.4, -0.2) is 70.9 Å². The number of nitrogens with zero attached hydrogens (tertiary/aromatic N) is 3. The van der Waals surface area contributed by atoms with E-state index in [4.69, 9.17) is 0 Å². The van der Waals surface area contributed by atoms with Crippen LogP contribution in [0.2, 0.25) is 0 Å². The molecule has 10 heteroatoms. The predicted octanol–water partition coefficient (Wildman–Crippen LogP) is 0.325. The van der Waals surface area contributed by atoms with Gasteiger partial charge in [-0.2, -0.15) is 4.31 Å². The van der Waals surface area contributed by atoms with Crippen LogP contribution in [-0.2, 0) is 24.8 Å². The molecule has 2 aliphatic rings. The van der Waals surface area contributed by atoms with Crippen molar-refractivity contribution in [3.05, 3.63) is 24.3 Å². The Hall–Kier alpha value is -1.49. The summed E-state index contributed by atoms with van der Waals surface area (Å²) in [6.07, 6.45) is 0. The molecule has 2 heterocycles. The summed E-state index contributed by atoms with van der Waals surface area (Å²) in [6.45, 7) is 5.31. The Morgan fingerprint density at radius 1 is 1.00 bits per heavy atom. The molecule has 1 aromatic rings. The number of amides is 1. The van der Waals surface area contributed by atoms with Crippen LogP contribution in [0.1, 0.15) is 13.8 Å². The summed E-state index contributed by atoms with van der Waals surface area (Å²) in [7, 11) is -5.45. The molecule has 2 fully saturated rings. The van der Waals surface area contributed by atoms with Crippen LogP contribution in [0.3, 0.4) is 0 Å². The van der Waals surface area contributed by atoms with Gasteiger partial charge in [0.25, 0.3) is 0 Å². The number of carbonyl (C=O) groups excluding carboxylic acids is 1. The molecule has 1 aromatic carbocycles. The summed E-state index contributed by atoms with van der Waals surface area (Å²) in [5.41, 5.74) is -0.832. The average Bonchev–Trinajstić information content (AvgIpc) is 2.71. The van der Waals surface area contributed by atoms with Gasteiger partial charge >= 0.3 is 0 Å². The number of likely N-dealkylation sites (N-methyl/N-ethyl adjacent to an activating group) is 1. The Kier molecular flexibility index (Phi) is 4.67. The van der Waals surface area contributed by atoms with Crippen molar-refractivity contribution in [2.45, 2.75) is 18.7 Å². The van der Waals surface area contributed by atoms with Crippen molar-refractivity contribution in [2.75, 3.05) is 43.3 Å². The van der Waals surface area contributed by atoms with Gasteiger partial charge in [0.05, 0.1) is 21.8 Å². The first-order valence-corrected chi connectivity index (χ1v) is 11.4. The van der Waals surface area contributed by atoms with Crippen LogP contribution < -0.4 is 4.31 Å². The van der Waals surface area contributed by atoms with Crippen LogP contribution in [0.5, 0.6) is 0 Å². The molecule has 0 spiro atoms. The van der Waals surface area contributed by atoms with Gasteiger partial charge in [0.15, 0.2) is 0 Å². The van der Waals surface area contributed by atoms with Gasteiger partial charge in [-0.1, -0.05) is 0 Å². The SMILES string of the molecule is CN1CCN(S(=O)(=O)c2ccc(N3C(=O)C(C)(C)CS3(=O)=O)cc2)CC1. The average molecular weight is 402 g/mol. The van der Waals surface area contributed by atoms with Gasteiger partial charge in [0.2, 0.25) is 26.0 Å². The van der Waals surface area contributed by atoms with Crippen LogP contribution in [0, 0.1) is 5.41 Å². The molecule has 1 amide bonds. The summed E-state index contributed by atoms with van der Waals surface area (Å²) >= 11 is 0. The molecule has 0 unspecified atom stereocenters. The lowest BCUT2D eigenvalue weighted by atomic mass is 9.95. The molecule has 8 nitrogen and oxygen atoms in total. The van der Waals surface area contributed by atoms with Crippen LogP contribution in [0.15, 0.2) is 29.2 Å². The van der Waals surface area contributed by atoms with Crippen molar-refractivity contribution in [2.24, 2.45) is 5.41 Å². The number of benzene rings is 1. The number of hydrogen-bond acceptors (Lipinski definition) is 6. The summed E-state index contributed by atoms with van der Waals surface area (Å²) in [6, 6.07) is 5.47. The molecule has 2 saturated heterocycles. The van der Waals surface area contributed by atoms with Gasteiger partial charge in [-0.25, -0.2) is 21.1 Å². The largest absolute Gasteiger partial charge is 0.304 e. The van der Waals surface area contributed by atoms with E-state index < -0.39 is 31.4 Å². The number of rotatable bonds is 3. The van der Waals surface area contributed by atoms with E-state index in [0.29, 0.717) is 26.2 Å². The molecule has 0 atom stereocenters. The van der Waals surface area contributed by atoms with Crippen LogP contribution in [0.25, 0.3) is 0 Å². The van der Waals surface area contributed by atoms with Crippen molar-refractivity contribution < 1.29 is 21.6 Å². The number of piperazine rings is 1. The lowest BCUT2D eigenvalue weighted by Gasteiger charge is -2.31. The minimum Gasteiger partial charge on any atom is -0.304 e. The topological polar surface area (TPSA) is 95.1 Å². The maximum absolute atomic E-state index is 12.7. The Labute approximate surface area is 154 Å². The second-order valence-corrected chi connectivity index (χ2v) is 11.2. The third kappa shape index (κ3) is 3.26. The molecule has 144 valence electrons. The van der Waals surface area contributed by atoms with Crippen molar-refractivity contribution >= 4 is 31.6 Å². The standard InChI is InChI=1S/C16H23N3O5S2/c1-16(2)12-25(21,22)19(15(16)20)13-4-6-14(7-5-13)26(23,24)18-10-8-17(3)9-11-18/h4-7H,8-12H2,1-3H3. The highest BCUT2D eigenvalue weighted by molar-refractivity contribution is 7.94. The van der Waals surface area contributed by atoms with Gasteiger partial charge in [-0.05, 0) is 45.2 Å². The number of anilines is 1. The second kappa shape index (κ2) is 6.29. The van der Waals surface area contributed by atoms with Crippen molar-refractivity contribution in [3.63, 3.8) is 0 Å². The van der Waals surface area contributed by atoms with E-state index in [1.807, 2.05) is 7.05 Å². The minimum atomic E-state index is -3.75. The third-order valence-corrected chi connectivity index (χ3v) is 8.69. The molecule has 0 radical (unpaired) electrons. The first-order valence-electron chi connectivity index (χ1n) is 8.31. The highest BCUT2D eigenvalue weighted by atomic mass is 32.2. The molecule has 3 rings (SSSR count). The lowest BCUT2D eigenvalue weighted by molar-refractivity contribution is -0.123. The lowest BCUT2D eigenvalue weighted by Crippen LogP contribution is -2.47. The fourth-order valence-electron chi connectivity index (χ4n) is 3.19. The summed E-state index contributed by atoms with van der Waals surface area (Å²) < 4.78 is 52.3. The van der Waals surface area contributed by atoms with E-state index in [9.17, 15) is 21.6 Å². The Morgan fingerprint density at radius 2 is 1.54 bits per heavy atom. The second-order valence-electron chi connectivity index (χ2n) is 7.41. The smallest absolute Gasteiger partial charge is 0.247 e. The Balaban J connectivity index is 1.88. The Morgan fingerprint density at radius 3 is 2.00 bits per heavy atom. The highest BCUT2D eigenvalue weighted by Gasteiger charge is 2.49.